The van der Waals surface area contributed by atoms with Gasteiger partial charge in [-0.15, -0.1) is 0 Å². The van der Waals surface area contributed by atoms with Crippen LogP contribution in [-0.4, -0.2) is 47.4 Å². The standard InChI is InChI=1S/C22H26ClN3O4/c1-13-18(21(28)24-9-5-11-26-10-4-8-17(26)27)20(15-6-3-7-16(23)12-15)19(22(29)30)14(2)25-13/h3,6-7,12,20,25H,4-5,8-11H2,1-2H3,(H,24,28)(H,29,30). The first kappa shape index (κ1) is 21.9. The fourth-order valence-electron chi connectivity index (χ4n) is 4.11. The summed E-state index contributed by atoms with van der Waals surface area (Å²) in [6, 6.07) is 6.91. The Balaban J connectivity index is 1.79. The van der Waals surface area contributed by atoms with Crippen LogP contribution in [0.4, 0.5) is 0 Å². The Hall–Kier alpha value is -2.80. The number of carboxylic acids is 1. The summed E-state index contributed by atoms with van der Waals surface area (Å²) in [5.41, 5.74) is 2.23. The molecule has 2 heterocycles. The monoisotopic (exact) mass is 431 g/mol. The Morgan fingerprint density at radius 2 is 2.00 bits per heavy atom. The number of halogens is 1. The fourth-order valence-corrected chi connectivity index (χ4v) is 4.30. The molecule has 30 heavy (non-hydrogen) atoms. The van der Waals surface area contributed by atoms with Crippen molar-refractivity contribution in [1.82, 2.24) is 15.5 Å². The molecule has 1 unspecified atom stereocenters. The largest absolute Gasteiger partial charge is 0.478 e. The van der Waals surface area contributed by atoms with Gasteiger partial charge < -0.3 is 20.6 Å². The van der Waals surface area contributed by atoms with Crippen LogP contribution in [0, 0.1) is 0 Å². The van der Waals surface area contributed by atoms with E-state index >= 15 is 0 Å². The molecule has 1 saturated heterocycles. The lowest BCUT2D eigenvalue weighted by Crippen LogP contribution is -2.37. The van der Waals surface area contributed by atoms with Crippen LogP contribution in [0.1, 0.15) is 44.6 Å². The number of allylic oxidation sites excluding steroid dienone is 2. The van der Waals surface area contributed by atoms with Crippen molar-refractivity contribution in [1.29, 1.82) is 0 Å². The number of hydrogen-bond donors (Lipinski definition) is 3. The molecule has 2 aliphatic heterocycles. The van der Waals surface area contributed by atoms with Gasteiger partial charge in [-0.1, -0.05) is 23.7 Å². The molecule has 1 aromatic carbocycles. The number of hydrogen-bond acceptors (Lipinski definition) is 4. The minimum absolute atomic E-state index is 0.121. The van der Waals surface area contributed by atoms with Crippen molar-refractivity contribution in [3.63, 3.8) is 0 Å². The van der Waals surface area contributed by atoms with E-state index in [1.165, 1.54) is 0 Å². The Labute approximate surface area is 180 Å². The number of carbonyl (C=O) groups is 3. The molecular weight excluding hydrogens is 406 g/mol. The van der Waals surface area contributed by atoms with Crippen molar-refractivity contribution in [3.8, 4) is 0 Å². The number of rotatable bonds is 7. The van der Waals surface area contributed by atoms with Gasteiger partial charge >= 0.3 is 5.97 Å². The third kappa shape index (κ3) is 4.67. The number of carboxylic acid groups (broad SMARTS) is 1. The highest BCUT2D eigenvalue weighted by Crippen LogP contribution is 2.38. The predicted molar refractivity (Wildman–Crippen MR) is 114 cm³/mol. The van der Waals surface area contributed by atoms with Crippen molar-refractivity contribution in [2.24, 2.45) is 0 Å². The minimum Gasteiger partial charge on any atom is -0.478 e. The second kappa shape index (κ2) is 9.34. The van der Waals surface area contributed by atoms with Gasteiger partial charge in [-0.3, -0.25) is 9.59 Å². The topological polar surface area (TPSA) is 98.7 Å². The van der Waals surface area contributed by atoms with Crippen LogP contribution in [0.3, 0.4) is 0 Å². The summed E-state index contributed by atoms with van der Waals surface area (Å²) in [7, 11) is 0. The van der Waals surface area contributed by atoms with Crippen LogP contribution >= 0.6 is 11.6 Å². The summed E-state index contributed by atoms with van der Waals surface area (Å²) in [5, 5.41) is 16.2. The Bertz CT molecular complexity index is 938. The first-order valence-corrected chi connectivity index (χ1v) is 10.4. The number of benzene rings is 1. The third-order valence-corrected chi connectivity index (χ3v) is 5.71. The molecule has 2 amide bonds. The zero-order chi connectivity index (χ0) is 21.8. The molecule has 8 heteroatoms. The van der Waals surface area contributed by atoms with Crippen molar-refractivity contribution in [3.05, 3.63) is 57.4 Å². The molecular formula is C22H26ClN3O4. The maximum absolute atomic E-state index is 13.1. The SMILES string of the molecule is CC1=C(C(=O)O)C(c2cccc(Cl)c2)C(C(=O)NCCCN2CCCC2=O)=C(C)N1. The molecule has 0 bridgehead atoms. The van der Waals surface area contributed by atoms with Crippen LogP contribution in [0.25, 0.3) is 0 Å². The zero-order valence-corrected chi connectivity index (χ0v) is 17.9. The van der Waals surface area contributed by atoms with Gasteiger partial charge in [-0.05, 0) is 44.4 Å². The summed E-state index contributed by atoms with van der Waals surface area (Å²) in [6.45, 7) is 5.22. The quantitative estimate of drug-likeness (QED) is 0.576. The molecule has 0 aromatic heterocycles. The first-order chi connectivity index (χ1) is 14.3. The zero-order valence-electron chi connectivity index (χ0n) is 17.1. The maximum atomic E-state index is 13.1. The summed E-state index contributed by atoms with van der Waals surface area (Å²) < 4.78 is 0. The molecule has 3 rings (SSSR count). The molecule has 0 saturated carbocycles. The number of nitrogens with zero attached hydrogens (tertiary/aromatic N) is 1. The molecule has 160 valence electrons. The van der Waals surface area contributed by atoms with Gasteiger partial charge in [0.15, 0.2) is 0 Å². The van der Waals surface area contributed by atoms with Crippen LogP contribution < -0.4 is 10.6 Å². The summed E-state index contributed by atoms with van der Waals surface area (Å²) in [6.07, 6.45) is 2.11. The van der Waals surface area contributed by atoms with Gasteiger partial charge in [0.2, 0.25) is 11.8 Å². The molecule has 0 radical (unpaired) electrons. The highest BCUT2D eigenvalue weighted by Gasteiger charge is 2.36. The van der Waals surface area contributed by atoms with Crippen molar-refractivity contribution >= 4 is 29.4 Å². The molecule has 1 aromatic rings. The van der Waals surface area contributed by atoms with Gasteiger partial charge in [0.05, 0.1) is 11.5 Å². The maximum Gasteiger partial charge on any atom is 0.334 e. The van der Waals surface area contributed by atoms with Crippen molar-refractivity contribution in [2.75, 3.05) is 19.6 Å². The van der Waals surface area contributed by atoms with E-state index in [0.29, 0.717) is 53.5 Å². The molecule has 1 atom stereocenters. The minimum atomic E-state index is -1.09. The number of amides is 2. The van der Waals surface area contributed by atoms with E-state index in [-0.39, 0.29) is 17.4 Å². The number of aliphatic carboxylic acids is 1. The average molecular weight is 432 g/mol. The van der Waals surface area contributed by atoms with Gasteiger partial charge in [0.25, 0.3) is 0 Å². The van der Waals surface area contributed by atoms with E-state index in [1.807, 2.05) is 4.90 Å². The Morgan fingerprint density at radius 1 is 1.27 bits per heavy atom. The van der Waals surface area contributed by atoms with Crippen molar-refractivity contribution in [2.45, 2.75) is 39.0 Å². The van der Waals surface area contributed by atoms with E-state index in [9.17, 15) is 19.5 Å². The third-order valence-electron chi connectivity index (χ3n) is 5.48. The summed E-state index contributed by atoms with van der Waals surface area (Å²) in [4.78, 5) is 38.6. The van der Waals surface area contributed by atoms with Crippen LogP contribution in [0.2, 0.25) is 5.02 Å². The molecule has 2 aliphatic rings. The lowest BCUT2D eigenvalue weighted by atomic mass is 9.80. The number of nitrogens with one attached hydrogen (secondary N) is 2. The molecule has 0 spiro atoms. The number of dihydropyridines is 1. The Kier molecular flexibility index (Phi) is 6.82. The number of carbonyl (C=O) groups excluding carboxylic acids is 2. The van der Waals surface area contributed by atoms with E-state index in [2.05, 4.69) is 10.6 Å². The van der Waals surface area contributed by atoms with Crippen molar-refractivity contribution < 1.29 is 19.5 Å². The normalized spacial score (nSPS) is 19.2. The van der Waals surface area contributed by atoms with Gasteiger partial charge in [-0.25, -0.2) is 4.79 Å². The second-order valence-electron chi connectivity index (χ2n) is 7.59. The van der Waals surface area contributed by atoms with Crippen LogP contribution in [0.5, 0.6) is 0 Å². The fraction of sp³-hybridized carbons (Fsp3) is 0.409. The molecule has 3 N–H and O–H groups in total. The predicted octanol–water partition coefficient (Wildman–Crippen LogP) is 2.79. The van der Waals surface area contributed by atoms with E-state index < -0.39 is 11.9 Å². The van der Waals surface area contributed by atoms with E-state index in [0.717, 1.165) is 13.0 Å². The van der Waals surface area contributed by atoms with Crippen LogP contribution in [-0.2, 0) is 14.4 Å². The smallest absolute Gasteiger partial charge is 0.334 e. The summed E-state index contributed by atoms with van der Waals surface area (Å²) >= 11 is 6.14. The highest BCUT2D eigenvalue weighted by molar-refractivity contribution is 6.30. The van der Waals surface area contributed by atoms with Gasteiger partial charge in [0.1, 0.15) is 0 Å². The lowest BCUT2D eigenvalue weighted by Gasteiger charge is -2.30. The molecule has 1 fully saturated rings. The second-order valence-corrected chi connectivity index (χ2v) is 8.03. The highest BCUT2D eigenvalue weighted by atomic mass is 35.5. The van der Waals surface area contributed by atoms with E-state index in [1.54, 1.807) is 38.1 Å². The van der Waals surface area contributed by atoms with Gasteiger partial charge in [-0.2, -0.15) is 0 Å². The van der Waals surface area contributed by atoms with Gasteiger partial charge in [0, 0.05) is 48.0 Å². The lowest BCUT2D eigenvalue weighted by molar-refractivity contribution is -0.133. The first-order valence-electron chi connectivity index (χ1n) is 10.0. The molecule has 0 aliphatic carbocycles. The number of likely N-dealkylation sites (tertiary alicyclic amines) is 1. The summed E-state index contributed by atoms with van der Waals surface area (Å²) in [5.74, 6) is -1.99. The van der Waals surface area contributed by atoms with Crippen LogP contribution in [0.15, 0.2) is 46.8 Å². The van der Waals surface area contributed by atoms with E-state index in [4.69, 9.17) is 11.6 Å². The molecule has 7 nitrogen and oxygen atoms in total. The Morgan fingerprint density at radius 3 is 2.63 bits per heavy atom. The average Bonchev–Trinajstić information content (AvgIpc) is 3.09.